The summed E-state index contributed by atoms with van der Waals surface area (Å²) in [5, 5.41) is 10.6. The molecule has 0 amide bonds. The van der Waals surface area contributed by atoms with E-state index in [1.165, 1.54) is 23.6 Å². The molecule has 0 radical (unpaired) electrons. The minimum Gasteiger partial charge on any atom is -0.404 e. The molecule has 0 fully saturated rings. The van der Waals surface area contributed by atoms with Crippen LogP contribution in [0.2, 0.25) is 0 Å². The molecule has 2 aromatic rings. The van der Waals surface area contributed by atoms with Gasteiger partial charge >= 0.3 is 5.88 Å². The number of fused-ring (bicyclic) bond motifs is 1. The van der Waals surface area contributed by atoms with Gasteiger partial charge in [0.1, 0.15) is 10.7 Å². The zero-order valence-electron chi connectivity index (χ0n) is 10.3. The van der Waals surface area contributed by atoms with Gasteiger partial charge in [0.25, 0.3) is 0 Å². The Morgan fingerprint density at radius 1 is 1.21 bits per heavy atom. The number of hydrogen-bond acceptors (Lipinski definition) is 4. The molecular weight excluding hydrogens is 244 g/mol. The molecule has 1 aromatic heterocycles. The van der Waals surface area contributed by atoms with Crippen LogP contribution in [-0.4, -0.2) is 4.92 Å². The van der Waals surface area contributed by atoms with Crippen LogP contribution < -0.4 is 5.73 Å². The Kier molecular flexibility index (Phi) is 2.83. The molecule has 5 nitrogen and oxygen atoms in total. The summed E-state index contributed by atoms with van der Waals surface area (Å²) < 4.78 is 5.16. The summed E-state index contributed by atoms with van der Waals surface area (Å²) in [7, 11) is 0. The normalized spacial score (nSPS) is 15.2. The first-order valence-electron chi connectivity index (χ1n) is 6.26. The van der Waals surface area contributed by atoms with E-state index in [1.54, 1.807) is 6.07 Å². The maximum absolute atomic E-state index is 10.6. The van der Waals surface area contributed by atoms with Crippen molar-refractivity contribution in [3.8, 4) is 0 Å². The molecule has 2 N–H and O–H groups in total. The van der Waals surface area contributed by atoms with E-state index in [1.807, 2.05) is 6.07 Å². The fourth-order valence-corrected chi connectivity index (χ4v) is 2.56. The van der Waals surface area contributed by atoms with Gasteiger partial charge in [-0.2, -0.15) is 0 Å². The summed E-state index contributed by atoms with van der Waals surface area (Å²) in [6.45, 7) is 0. The van der Waals surface area contributed by atoms with Gasteiger partial charge < -0.3 is 10.2 Å². The van der Waals surface area contributed by atoms with Crippen LogP contribution in [0.25, 0.3) is 0 Å². The second-order valence-electron chi connectivity index (χ2n) is 4.79. The van der Waals surface area contributed by atoms with E-state index in [4.69, 9.17) is 10.2 Å². The average Bonchev–Trinajstić information content (AvgIpc) is 3.06. The Labute approximate surface area is 110 Å². The van der Waals surface area contributed by atoms with Crippen molar-refractivity contribution in [2.24, 2.45) is 5.73 Å². The smallest absolute Gasteiger partial charge is 0.404 e. The van der Waals surface area contributed by atoms with E-state index in [2.05, 4.69) is 12.1 Å². The zero-order valence-corrected chi connectivity index (χ0v) is 10.3. The van der Waals surface area contributed by atoms with Crippen LogP contribution >= 0.6 is 0 Å². The molecule has 0 spiro atoms. The third kappa shape index (κ3) is 2.13. The van der Waals surface area contributed by atoms with E-state index in [-0.39, 0.29) is 5.88 Å². The topological polar surface area (TPSA) is 82.3 Å². The highest BCUT2D eigenvalue weighted by atomic mass is 16.6. The summed E-state index contributed by atoms with van der Waals surface area (Å²) in [4.78, 5) is 10.0. The summed E-state index contributed by atoms with van der Waals surface area (Å²) >= 11 is 0. The molecular formula is C14H14N2O3. The fraction of sp³-hybridized carbons (Fsp3) is 0.286. The lowest BCUT2D eigenvalue weighted by Gasteiger charge is -2.10. The van der Waals surface area contributed by atoms with Crippen molar-refractivity contribution >= 4 is 5.88 Å². The Morgan fingerprint density at radius 3 is 2.74 bits per heavy atom. The van der Waals surface area contributed by atoms with Gasteiger partial charge in [-0.15, -0.1) is 0 Å². The number of nitro groups is 1. The van der Waals surface area contributed by atoms with E-state index < -0.39 is 11.0 Å². The standard InChI is InChI=1S/C14H14N2O3/c15-14(12-6-7-13(19-12)16(17)18)11-5-4-9-2-1-3-10(9)8-11/h4-8,14H,1-3,15H2. The number of hydrogen-bond donors (Lipinski definition) is 1. The van der Waals surface area contributed by atoms with Gasteiger partial charge in [0, 0.05) is 0 Å². The van der Waals surface area contributed by atoms with Crippen LogP contribution in [0.4, 0.5) is 5.88 Å². The first-order valence-corrected chi connectivity index (χ1v) is 6.26. The molecule has 98 valence electrons. The highest BCUT2D eigenvalue weighted by Crippen LogP contribution is 2.29. The average molecular weight is 258 g/mol. The Bertz CT molecular complexity index is 633. The quantitative estimate of drug-likeness (QED) is 0.677. The second kappa shape index (κ2) is 4.51. The Balaban J connectivity index is 1.90. The van der Waals surface area contributed by atoms with Crippen LogP contribution in [0.5, 0.6) is 0 Å². The van der Waals surface area contributed by atoms with Crippen LogP contribution in [0.15, 0.2) is 34.7 Å². The molecule has 0 saturated carbocycles. The van der Waals surface area contributed by atoms with Crippen molar-refractivity contribution in [3.63, 3.8) is 0 Å². The van der Waals surface area contributed by atoms with Crippen molar-refractivity contribution in [1.82, 2.24) is 0 Å². The van der Waals surface area contributed by atoms with Crippen LogP contribution in [0.1, 0.15) is 34.9 Å². The summed E-state index contributed by atoms with van der Waals surface area (Å²) in [6, 6.07) is 8.59. The Hall–Kier alpha value is -2.14. The number of benzene rings is 1. The summed E-state index contributed by atoms with van der Waals surface area (Å²) in [6.07, 6.45) is 3.38. The van der Waals surface area contributed by atoms with Gasteiger partial charge in [-0.1, -0.05) is 18.2 Å². The Morgan fingerprint density at radius 2 is 2.00 bits per heavy atom. The molecule has 1 unspecified atom stereocenters. The highest BCUT2D eigenvalue weighted by Gasteiger charge is 2.20. The van der Waals surface area contributed by atoms with Crippen molar-refractivity contribution in [3.05, 3.63) is 62.9 Å². The number of rotatable bonds is 3. The lowest BCUT2D eigenvalue weighted by atomic mass is 10.0. The molecule has 1 aliphatic carbocycles. The third-order valence-electron chi connectivity index (χ3n) is 3.58. The largest absolute Gasteiger partial charge is 0.433 e. The lowest BCUT2D eigenvalue weighted by Crippen LogP contribution is -2.11. The summed E-state index contributed by atoms with van der Waals surface area (Å²) in [5.41, 5.74) is 9.75. The van der Waals surface area contributed by atoms with Gasteiger partial charge in [-0.25, -0.2) is 0 Å². The minimum atomic E-state index is -0.557. The second-order valence-corrected chi connectivity index (χ2v) is 4.79. The van der Waals surface area contributed by atoms with E-state index >= 15 is 0 Å². The van der Waals surface area contributed by atoms with Gasteiger partial charge in [0.2, 0.25) is 0 Å². The first-order chi connectivity index (χ1) is 9.15. The maximum atomic E-state index is 10.6. The first kappa shape index (κ1) is 11.9. The highest BCUT2D eigenvalue weighted by molar-refractivity contribution is 5.39. The molecule has 1 atom stereocenters. The maximum Gasteiger partial charge on any atom is 0.433 e. The predicted octanol–water partition coefficient (Wildman–Crippen LogP) is 2.72. The molecule has 3 rings (SSSR count). The molecule has 1 aromatic carbocycles. The van der Waals surface area contributed by atoms with Crippen molar-refractivity contribution in [2.45, 2.75) is 25.3 Å². The molecule has 0 aliphatic heterocycles. The number of nitrogens with zero attached hydrogens (tertiary/aromatic N) is 1. The van der Waals surface area contributed by atoms with Crippen molar-refractivity contribution < 1.29 is 9.34 Å². The third-order valence-corrected chi connectivity index (χ3v) is 3.58. The number of furan rings is 1. The van der Waals surface area contributed by atoms with Crippen molar-refractivity contribution in [1.29, 1.82) is 0 Å². The van der Waals surface area contributed by atoms with Crippen LogP contribution in [0, 0.1) is 10.1 Å². The fourth-order valence-electron chi connectivity index (χ4n) is 2.56. The van der Waals surface area contributed by atoms with E-state index in [0.717, 1.165) is 18.4 Å². The summed E-state index contributed by atoms with van der Waals surface area (Å²) in [5.74, 6) is 0.149. The SMILES string of the molecule is NC(c1ccc2c(c1)CCC2)c1ccc([N+](=O)[O-])o1. The molecule has 0 saturated heterocycles. The minimum absolute atomic E-state index is 0.272. The predicted molar refractivity (Wildman–Crippen MR) is 69.9 cm³/mol. The molecule has 0 bridgehead atoms. The van der Waals surface area contributed by atoms with Gasteiger partial charge in [-0.05, 0) is 42.0 Å². The van der Waals surface area contributed by atoms with Crippen molar-refractivity contribution in [2.75, 3.05) is 0 Å². The van der Waals surface area contributed by atoms with Crippen LogP contribution in [0.3, 0.4) is 0 Å². The molecule has 1 aliphatic rings. The molecule has 5 heteroatoms. The van der Waals surface area contributed by atoms with Gasteiger partial charge in [0.05, 0.1) is 12.1 Å². The van der Waals surface area contributed by atoms with Gasteiger partial charge in [-0.3, -0.25) is 10.1 Å². The van der Waals surface area contributed by atoms with E-state index in [0.29, 0.717) is 5.76 Å². The zero-order chi connectivity index (χ0) is 13.4. The van der Waals surface area contributed by atoms with E-state index in [9.17, 15) is 10.1 Å². The monoisotopic (exact) mass is 258 g/mol. The number of nitrogens with two attached hydrogens (primary N) is 1. The lowest BCUT2D eigenvalue weighted by molar-refractivity contribution is -0.402. The number of aryl methyl sites for hydroxylation is 2. The molecule has 1 heterocycles. The van der Waals surface area contributed by atoms with Gasteiger partial charge in [0.15, 0.2) is 0 Å². The van der Waals surface area contributed by atoms with Crippen LogP contribution in [-0.2, 0) is 12.8 Å². The molecule has 19 heavy (non-hydrogen) atoms.